The molecule has 2 rings (SSSR count). The summed E-state index contributed by atoms with van der Waals surface area (Å²) in [7, 11) is -2.79. The Morgan fingerprint density at radius 3 is 2.53 bits per heavy atom. The quantitative estimate of drug-likeness (QED) is 0.846. The number of nitrogens with one attached hydrogen (secondary N) is 1. The summed E-state index contributed by atoms with van der Waals surface area (Å²) in [6, 6.07) is 0.621. The number of piperidine rings is 1. The summed E-state index contributed by atoms with van der Waals surface area (Å²) in [5.74, 6) is 1.42. The third-order valence-electron chi connectivity index (χ3n) is 4.75. The van der Waals surface area contributed by atoms with Crippen molar-refractivity contribution in [2.75, 3.05) is 31.1 Å². The van der Waals surface area contributed by atoms with Crippen molar-refractivity contribution in [2.24, 2.45) is 5.92 Å². The smallest absolute Gasteiger partial charge is 0.151 e. The van der Waals surface area contributed by atoms with Gasteiger partial charge in [-0.15, -0.1) is 0 Å². The molecule has 2 atom stereocenters. The predicted octanol–water partition coefficient (Wildman–Crippen LogP) is 1.27. The van der Waals surface area contributed by atoms with Gasteiger partial charge in [0, 0.05) is 12.1 Å². The van der Waals surface area contributed by atoms with Gasteiger partial charge in [0.15, 0.2) is 9.84 Å². The van der Waals surface area contributed by atoms with E-state index in [1.165, 1.54) is 25.9 Å². The molecule has 4 nitrogen and oxygen atoms in total. The number of sulfone groups is 1. The predicted molar refractivity (Wildman–Crippen MR) is 79.1 cm³/mol. The minimum absolute atomic E-state index is 0.179. The van der Waals surface area contributed by atoms with Crippen molar-refractivity contribution < 1.29 is 8.42 Å². The van der Waals surface area contributed by atoms with Gasteiger partial charge in [0.05, 0.1) is 11.5 Å². The molecule has 2 aliphatic rings. The van der Waals surface area contributed by atoms with Gasteiger partial charge in [-0.2, -0.15) is 0 Å². The maximum absolute atomic E-state index is 11.7. The summed E-state index contributed by atoms with van der Waals surface area (Å²) in [6.45, 7) is 7.98. The molecule has 2 unspecified atom stereocenters. The lowest BCUT2D eigenvalue weighted by Gasteiger charge is -2.36. The Bertz CT molecular complexity index is 375. The molecule has 112 valence electrons. The van der Waals surface area contributed by atoms with Crippen LogP contribution in [-0.4, -0.2) is 56.5 Å². The Hall–Kier alpha value is -0.130. The molecule has 0 aromatic rings. The van der Waals surface area contributed by atoms with Gasteiger partial charge >= 0.3 is 0 Å². The lowest BCUT2D eigenvalue weighted by atomic mass is 9.89. The molecule has 0 aliphatic carbocycles. The van der Waals surface area contributed by atoms with Crippen LogP contribution in [0.15, 0.2) is 0 Å². The first kappa shape index (κ1) is 15.3. The van der Waals surface area contributed by atoms with Crippen molar-refractivity contribution in [1.82, 2.24) is 10.2 Å². The number of likely N-dealkylation sites (tertiary alicyclic amines) is 1. The summed E-state index contributed by atoms with van der Waals surface area (Å²) >= 11 is 0. The highest BCUT2D eigenvalue weighted by Gasteiger charge is 2.29. The monoisotopic (exact) mass is 288 g/mol. The van der Waals surface area contributed by atoms with Gasteiger partial charge in [-0.1, -0.05) is 6.92 Å². The average Bonchev–Trinajstić information content (AvgIpc) is 2.37. The summed E-state index contributed by atoms with van der Waals surface area (Å²) in [5, 5.41) is 3.58. The van der Waals surface area contributed by atoms with Crippen LogP contribution in [0.5, 0.6) is 0 Å². The van der Waals surface area contributed by atoms with E-state index in [1.807, 2.05) is 0 Å². The van der Waals surface area contributed by atoms with Crippen LogP contribution in [0.3, 0.4) is 0 Å². The molecule has 0 bridgehead atoms. The number of hydrogen-bond donors (Lipinski definition) is 1. The Labute approximate surface area is 117 Å². The third kappa shape index (κ3) is 4.43. The molecule has 2 fully saturated rings. The third-order valence-corrected chi connectivity index (χ3v) is 6.57. The maximum Gasteiger partial charge on any atom is 0.151 e. The summed E-state index contributed by atoms with van der Waals surface area (Å²) in [4.78, 5) is 2.49. The van der Waals surface area contributed by atoms with E-state index in [0.29, 0.717) is 23.5 Å². The zero-order valence-corrected chi connectivity index (χ0v) is 13.1. The Balaban J connectivity index is 1.79. The normalized spacial score (nSPS) is 31.2. The fourth-order valence-corrected chi connectivity index (χ4v) is 5.08. The van der Waals surface area contributed by atoms with Crippen LogP contribution in [0, 0.1) is 5.92 Å². The van der Waals surface area contributed by atoms with E-state index in [9.17, 15) is 8.42 Å². The van der Waals surface area contributed by atoms with E-state index in [4.69, 9.17) is 0 Å². The van der Waals surface area contributed by atoms with Crippen molar-refractivity contribution in [2.45, 2.75) is 51.6 Å². The summed E-state index contributed by atoms with van der Waals surface area (Å²) in [6.07, 6.45) is 4.31. The fourth-order valence-electron chi connectivity index (χ4n) is 3.43. The van der Waals surface area contributed by atoms with Gasteiger partial charge in [-0.25, -0.2) is 8.42 Å². The molecule has 2 heterocycles. The van der Waals surface area contributed by atoms with Gasteiger partial charge < -0.3 is 10.2 Å². The van der Waals surface area contributed by atoms with Crippen LogP contribution >= 0.6 is 0 Å². The summed E-state index contributed by atoms with van der Waals surface area (Å²) < 4.78 is 23.3. The van der Waals surface area contributed by atoms with Crippen LogP contribution < -0.4 is 5.32 Å². The Kier molecular flexibility index (Phi) is 5.26. The van der Waals surface area contributed by atoms with Crippen molar-refractivity contribution >= 4 is 9.84 Å². The Morgan fingerprint density at radius 2 is 1.95 bits per heavy atom. The van der Waals surface area contributed by atoms with Crippen LogP contribution in [0.25, 0.3) is 0 Å². The maximum atomic E-state index is 11.7. The number of nitrogens with zero attached hydrogens (tertiary/aromatic N) is 1. The van der Waals surface area contributed by atoms with Crippen LogP contribution in [0.4, 0.5) is 0 Å². The zero-order valence-electron chi connectivity index (χ0n) is 12.3. The van der Waals surface area contributed by atoms with E-state index in [2.05, 4.69) is 24.1 Å². The summed E-state index contributed by atoms with van der Waals surface area (Å²) in [5.41, 5.74) is 0. The highest BCUT2D eigenvalue weighted by Crippen LogP contribution is 2.22. The number of rotatable bonds is 4. The van der Waals surface area contributed by atoms with Gasteiger partial charge in [-0.3, -0.25) is 0 Å². The molecule has 0 radical (unpaired) electrons. The molecule has 0 aromatic heterocycles. The highest BCUT2D eigenvalue weighted by atomic mass is 32.2. The Morgan fingerprint density at radius 1 is 1.26 bits per heavy atom. The van der Waals surface area contributed by atoms with Crippen molar-refractivity contribution in [3.8, 4) is 0 Å². The second kappa shape index (κ2) is 6.55. The molecule has 2 saturated heterocycles. The van der Waals surface area contributed by atoms with Gasteiger partial charge in [-0.05, 0) is 58.2 Å². The van der Waals surface area contributed by atoms with E-state index in [1.54, 1.807) is 0 Å². The molecule has 5 heteroatoms. The average molecular weight is 288 g/mol. The van der Waals surface area contributed by atoms with Crippen molar-refractivity contribution in [1.29, 1.82) is 0 Å². The number of hydrogen-bond acceptors (Lipinski definition) is 4. The van der Waals surface area contributed by atoms with E-state index >= 15 is 0 Å². The van der Waals surface area contributed by atoms with Gasteiger partial charge in [0.25, 0.3) is 0 Å². The second-order valence-electron chi connectivity index (χ2n) is 6.18. The van der Waals surface area contributed by atoms with Crippen LogP contribution in [0.1, 0.15) is 39.5 Å². The molecular formula is C14H28N2O2S. The second-order valence-corrected chi connectivity index (χ2v) is 8.41. The first-order valence-electron chi connectivity index (χ1n) is 7.69. The van der Waals surface area contributed by atoms with E-state index in [0.717, 1.165) is 19.4 Å². The topological polar surface area (TPSA) is 49.4 Å². The highest BCUT2D eigenvalue weighted by molar-refractivity contribution is 7.91. The molecule has 19 heavy (non-hydrogen) atoms. The molecule has 0 saturated carbocycles. The molecule has 1 N–H and O–H groups in total. The van der Waals surface area contributed by atoms with Crippen LogP contribution in [-0.2, 0) is 9.84 Å². The first-order valence-corrected chi connectivity index (χ1v) is 9.51. The van der Waals surface area contributed by atoms with E-state index in [-0.39, 0.29) is 6.04 Å². The van der Waals surface area contributed by atoms with Crippen molar-refractivity contribution in [3.05, 3.63) is 0 Å². The first-order chi connectivity index (χ1) is 9.00. The SMILES string of the molecule is CCN1CCC(C(C)NC2CCCS(=O)(=O)C2)CC1. The van der Waals surface area contributed by atoms with Gasteiger partial charge in [0.2, 0.25) is 0 Å². The lowest BCUT2D eigenvalue weighted by molar-refractivity contribution is 0.164. The minimum atomic E-state index is -2.79. The lowest BCUT2D eigenvalue weighted by Crippen LogP contribution is -2.49. The van der Waals surface area contributed by atoms with Crippen molar-refractivity contribution in [3.63, 3.8) is 0 Å². The van der Waals surface area contributed by atoms with Crippen LogP contribution in [0.2, 0.25) is 0 Å². The van der Waals surface area contributed by atoms with Gasteiger partial charge in [0.1, 0.15) is 0 Å². The fraction of sp³-hybridized carbons (Fsp3) is 1.00. The minimum Gasteiger partial charge on any atom is -0.310 e. The van der Waals surface area contributed by atoms with E-state index < -0.39 is 9.84 Å². The molecular weight excluding hydrogens is 260 g/mol. The molecule has 0 spiro atoms. The zero-order chi connectivity index (χ0) is 13.9. The molecule has 0 aromatic carbocycles. The largest absolute Gasteiger partial charge is 0.310 e. The molecule has 2 aliphatic heterocycles. The molecule has 0 amide bonds. The standard InChI is InChI=1S/C14H28N2O2S/c1-3-16-8-6-13(7-9-16)12(2)15-14-5-4-10-19(17,18)11-14/h12-15H,3-11H2,1-2H3.